The number of fused-ring (bicyclic) bond motifs is 1. The first-order chi connectivity index (χ1) is 8.47. The zero-order chi connectivity index (χ0) is 13.2. The van der Waals surface area contributed by atoms with Crippen molar-refractivity contribution in [2.75, 3.05) is 6.61 Å². The van der Waals surface area contributed by atoms with E-state index >= 15 is 0 Å². The molecular formula is C16H20O2. The fraction of sp³-hybridized carbons (Fsp3) is 0.375. The molecule has 0 saturated heterocycles. The molecule has 0 heterocycles. The van der Waals surface area contributed by atoms with E-state index in [9.17, 15) is 5.11 Å². The Labute approximate surface area is 108 Å². The Bertz CT molecular complexity index is 526. The largest absolute Gasteiger partial charge is 0.491 e. The molecule has 96 valence electrons. The van der Waals surface area contributed by atoms with Gasteiger partial charge in [-0.05, 0) is 28.3 Å². The van der Waals surface area contributed by atoms with E-state index in [1.54, 1.807) is 0 Å². The molecule has 0 amide bonds. The third-order valence-electron chi connectivity index (χ3n) is 3.13. The highest BCUT2D eigenvalue weighted by Crippen LogP contribution is 2.23. The van der Waals surface area contributed by atoms with Crippen molar-refractivity contribution in [3.63, 3.8) is 0 Å². The van der Waals surface area contributed by atoms with Gasteiger partial charge in [0.25, 0.3) is 0 Å². The van der Waals surface area contributed by atoms with E-state index in [1.165, 1.54) is 5.39 Å². The van der Waals surface area contributed by atoms with Gasteiger partial charge in [-0.2, -0.15) is 0 Å². The summed E-state index contributed by atoms with van der Waals surface area (Å²) >= 11 is 0. The van der Waals surface area contributed by atoms with E-state index in [1.807, 2.05) is 51.1 Å². The van der Waals surface area contributed by atoms with Gasteiger partial charge in [0.05, 0.1) is 6.10 Å². The van der Waals surface area contributed by atoms with E-state index in [-0.39, 0.29) is 5.41 Å². The third-order valence-corrected chi connectivity index (χ3v) is 3.13. The maximum Gasteiger partial charge on any atom is 0.120 e. The topological polar surface area (TPSA) is 29.5 Å². The number of rotatable bonds is 3. The van der Waals surface area contributed by atoms with Gasteiger partial charge in [0.2, 0.25) is 0 Å². The van der Waals surface area contributed by atoms with Crippen LogP contribution in [-0.4, -0.2) is 17.8 Å². The highest BCUT2D eigenvalue weighted by atomic mass is 16.5. The number of benzene rings is 2. The summed E-state index contributed by atoms with van der Waals surface area (Å²) in [6.45, 7) is 6.33. The fourth-order valence-corrected chi connectivity index (χ4v) is 1.68. The van der Waals surface area contributed by atoms with E-state index in [0.29, 0.717) is 6.61 Å². The first-order valence-electron chi connectivity index (χ1n) is 6.26. The minimum Gasteiger partial charge on any atom is -0.491 e. The monoisotopic (exact) mass is 244 g/mol. The molecule has 0 radical (unpaired) electrons. The molecular weight excluding hydrogens is 224 g/mol. The van der Waals surface area contributed by atoms with E-state index in [4.69, 9.17) is 4.74 Å². The second-order valence-electron chi connectivity index (χ2n) is 5.70. The van der Waals surface area contributed by atoms with Gasteiger partial charge < -0.3 is 9.84 Å². The van der Waals surface area contributed by atoms with Crippen molar-refractivity contribution >= 4 is 10.8 Å². The second kappa shape index (κ2) is 4.99. The first kappa shape index (κ1) is 12.9. The fourth-order valence-electron chi connectivity index (χ4n) is 1.68. The van der Waals surface area contributed by atoms with Crippen LogP contribution in [0.1, 0.15) is 20.8 Å². The van der Waals surface area contributed by atoms with Gasteiger partial charge in [0, 0.05) is 0 Å². The number of hydrogen-bond donors (Lipinski definition) is 1. The van der Waals surface area contributed by atoms with Crippen molar-refractivity contribution in [3.05, 3.63) is 42.5 Å². The van der Waals surface area contributed by atoms with Gasteiger partial charge in [0.15, 0.2) is 0 Å². The van der Waals surface area contributed by atoms with Crippen LogP contribution < -0.4 is 4.74 Å². The van der Waals surface area contributed by atoms with E-state index < -0.39 is 6.10 Å². The number of ether oxygens (including phenoxy) is 1. The normalized spacial score (nSPS) is 13.6. The number of aliphatic hydroxyl groups excluding tert-OH is 1. The van der Waals surface area contributed by atoms with E-state index in [2.05, 4.69) is 12.1 Å². The third kappa shape index (κ3) is 3.02. The van der Waals surface area contributed by atoms with Gasteiger partial charge in [-0.1, -0.05) is 51.1 Å². The summed E-state index contributed by atoms with van der Waals surface area (Å²) in [6.07, 6.45) is -0.469. The van der Waals surface area contributed by atoms with Crippen LogP contribution >= 0.6 is 0 Å². The highest BCUT2D eigenvalue weighted by molar-refractivity contribution is 5.83. The molecule has 18 heavy (non-hydrogen) atoms. The van der Waals surface area contributed by atoms with Crippen LogP contribution in [0, 0.1) is 5.41 Å². The van der Waals surface area contributed by atoms with Gasteiger partial charge in [-0.15, -0.1) is 0 Å². The van der Waals surface area contributed by atoms with Crippen LogP contribution in [0.4, 0.5) is 0 Å². The van der Waals surface area contributed by atoms with Crippen molar-refractivity contribution in [2.24, 2.45) is 5.41 Å². The summed E-state index contributed by atoms with van der Waals surface area (Å²) in [5.41, 5.74) is -0.156. The predicted octanol–water partition coefficient (Wildman–Crippen LogP) is 3.63. The Hall–Kier alpha value is -1.54. The van der Waals surface area contributed by atoms with E-state index in [0.717, 1.165) is 11.1 Å². The average molecular weight is 244 g/mol. The van der Waals surface area contributed by atoms with Crippen LogP contribution in [0.2, 0.25) is 0 Å². The molecule has 1 N–H and O–H groups in total. The Morgan fingerprint density at radius 3 is 2.39 bits per heavy atom. The van der Waals surface area contributed by atoms with Crippen LogP contribution in [0.25, 0.3) is 10.8 Å². The molecule has 2 rings (SSSR count). The molecule has 0 bridgehead atoms. The zero-order valence-electron chi connectivity index (χ0n) is 11.2. The second-order valence-corrected chi connectivity index (χ2v) is 5.70. The molecule has 0 spiro atoms. The van der Waals surface area contributed by atoms with Gasteiger partial charge >= 0.3 is 0 Å². The Balaban J connectivity index is 2.08. The van der Waals surface area contributed by atoms with Crippen LogP contribution in [0.5, 0.6) is 5.75 Å². The molecule has 2 aromatic carbocycles. The lowest BCUT2D eigenvalue weighted by atomic mass is 9.90. The van der Waals surface area contributed by atoms with Crippen molar-refractivity contribution in [1.29, 1.82) is 0 Å². The summed E-state index contributed by atoms with van der Waals surface area (Å²) in [6, 6.07) is 14.1. The first-order valence-corrected chi connectivity index (χ1v) is 6.26. The van der Waals surface area contributed by atoms with Gasteiger partial charge in [-0.3, -0.25) is 0 Å². The molecule has 2 heteroatoms. The van der Waals surface area contributed by atoms with Crippen LogP contribution in [0.3, 0.4) is 0 Å². The maximum absolute atomic E-state index is 9.94. The quantitative estimate of drug-likeness (QED) is 0.893. The van der Waals surface area contributed by atoms with Crippen LogP contribution in [0.15, 0.2) is 42.5 Å². The van der Waals surface area contributed by atoms with Crippen molar-refractivity contribution in [2.45, 2.75) is 26.9 Å². The lowest BCUT2D eigenvalue weighted by molar-refractivity contribution is 0.0218. The summed E-state index contributed by atoms with van der Waals surface area (Å²) in [4.78, 5) is 0. The average Bonchev–Trinajstić information content (AvgIpc) is 2.34. The molecule has 0 aliphatic rings. The summed E-state index contributed by atoms with van der Waals surface area (Å²) in [5, 5.41) is 12.3. The molecule has 0 fully saturated rings. The van der Waals surface area contributed by atoms with Crippen LogP contribution in [-0.2, 0) is 0 Å². The summed E-state index contributed by atoms with van der Waals surface area (Å²) in [7, 11) is 0. The Kier molecular flexibility index (Phi) is 3.58. The standard InChI is InChI=1S/C16H20O2/c1-16(2,3)15(17)11-18-14-9-8-12-6-4-5-7-13(12)10-14/h4-10,15,17H,11H2,1-3H3. The SMILES string of the molecule is CC(C)(C)C(O)COc1ccc2ccccc2c1. The summed E-state index contributed by atoms with van der Waals surface area (Å²) in [5.74, 6) is 0.803. The molecule has 0 saturated carbocycles. The Morgan fingerprint density at radius 1 is 1.06 bits per heavy atom. The molecule has 1 unspecified atom stereocenters. The molecule has 0 aromatic heterocycles. The van der Waals surface area contributed by atoms with Gasteiger partial charge in [-0.25, -0.2) is 0 Å². The Morgan fingerprint density at radius 2 is 1.72 bits per heavy atom. The molecule has 2 nitrogen and oxygen atoms in total. The van der Waals surface area contributed by atoms with Crippen molar-refractivity contribution < 1.29 is 9.84 Å². The highest BCUT2D eigenvalue weighted by Gasteiger charge is 2.22. The molecule has 1 atom stereocenters. The smallest absolute Gasteiger partial charge is 0.120 e. The lowest BCUT2D eigenvalue weighted by Crippen LogP contribution is -2.31. The minimum atomic E-state index is -0.469. The lowest BCUT2D eigenvalue weighted by Gasteiger charge is -2.25. The minimum absolute atomic E-state index is 0.156. The van der Waals surface area contributed by atoms with Gasteiger partial charge in [0.1, 0.15) is 12.4 Å². The maximum atomic E-state index is 9.94. The number of hydrogen-bond acceptors (Lipinski definition) is 2. The molecule has 0 aliphatic carbocycles. The van der Waals surface area contributed by atoms with Crippen molar-refractivity contribution in [3.8, 4) is 5.75 Å². The molecule has 0 aliphatic heterocycles. The van der Waals surface area contributed by atoms with Crippen molar-refractivity contribution in [1.82, 2.24) is 0 Å². The summed E-state index contributed by atoms with van der Waals surface area (Å²) < 4.78 is 5.65. The number of aliphatic hydroxyl groups is 1. The predicted molar refractivity (Wildman–Crippen MR) is 74.9 cm³/mol. The molecule has 2 aromatic rings. The zero-order valence-corrected chi connectivity index (χ0v) is 11.2.